The van der Waals surface area contributed by atoms with Crippen LogP contribution in [-0.4, -0.2) is 16.2 Å². The first-order valence-electron chi connectivity index (χ1n) is 5.82. The number of hydrogen-bond acceptors (Lipinski definition) is 2. The molecule has 0 aliphatic rings. The quantitative estimate of drug-likeness (QED) is 0.879. The molecule has 2 N–H and O–H groups in total. The highest BCUT2D eigenvalue weighted by Crippen LogP contribution is 2.13. The zero-order valence-electron chi connectivity index (χ0n) is 10.5. The first kappa shape index (κ1) is 14.0. The summed E-state index contributed by atoms with van der Waals surface area (Å²) in [6.45, 7) is 7.60. The van der Waals surface area contributed by atoms with Gasteiger partial charge in [-0.15, -0.1) is 12.4 Å². The molecule has 1 aromatic carbocycles. The zero-order chi connectivity index (χ0) is 11.5. The number of benzene rings is 1. The van der Waals surface area contributed by atoms with Gasteiger partial charge in [-0.05, 0) is 24.5 Å². The number of H-pyrrole nitrogens is 1. The predicted molar refractivity (Wildman–Crippen MR) is 74.5 cm³/mol. The molecule has 0 spiro atoms. The highest BCUT2D eigenvalue weighted by atomic mass is 35.5. The Morgan fingerprint density at radius 2 is 2.06 bits per heavy atom. The lowest BCUT2D eigenvalue weighted by atomic mass is 10.1. The second-order valence-electron chi connectivity index (χ2n) is 4.71. The molecule has 0 saturated carbocycles. The first-order chi connectivity index (χ1) is 7.66. The zero-order valence-corrected chi connectivity index (χ0v) is 11.3. The minimum absolute atomic E-state index is 0. The van der Waals surface area contributed by atoms with Crippen molar-refractivity contribution in [2.75, 3.05) is 0 Å². The van der Waals surface area contributed by atoms with Crippen LogP contribution in [0.15, 0.2) is 24.4 Å². The van der Waals surface area contributed by atoms with Gasteiger partial charge in [-0.3, -0.25) is 5.10 Å². The number of nitrogens with zero attached hydrogens (tertiary/aromatic N) is 1. The van der Waals surface area contributed by atoms with E-state index in [1.807, 2.05) is 6.20 Å². The molecule has 0 bridgehead atoms. The van der Waals surface area contributed by atoms with Gasteiger partial charge in [0.2, 0.25) is 0 Å². The van der Waals surface area contributed by atoms with E-state index in [4.69, 9.17) is 0 Å². The fourth-order valence-electron chi connectivity index (χ4n) is 1.61. The van der Waals surface area contributed by atoms with E-state index in [9.17, 15) is 0 Å². The number of aromatic amines is 1. The Labute approximate surface area is 108 Å². The van der Waals surface area contributed by atoms with Crippen molar-refractivity contribution in [1.29, 1.82) is 0 Å². The number of fused-ring (bicyclic) bond motifs is 1. The Bertz CT molecular complexity index is 464. The van der Waals surface area contributed by atoms with Crippen LogP contribution in [0, 0.1) is 5.92 Å². The van der Waals surface area contributed by atoms with Crippen molar-refractivity contribution in [3.8, 4) is 0 Å². The van der Waals surface area contributed by atoms with Gasteiger partial charge >= 0.3 is 0 Å². The molecule has 0 aliphatic heterocycles. The summed E-state index contributed by atoms with van der Waals surface area (Å²) in [4.78, 5) is 0. The summed E-state index contributed by atoms with van der Waals surface area (Å²) in [6.07, 6.45) is 1.85. The van der Waals surface area contributed by atoms with Gasteiger partial charge in [-0.2, -0.15) is 5.10 Å². The van der Waals surface area contributed by atoms with Crippen LogP contribution in [0.25, 0.3) is 10.9 Å². The lowest BCUT2D eigenvalue weighted by Gasteiger charge is -2.17. The summed E-state index contributed by atoms with van der Waals surface area (Å²) >= 11 is 0. The Morgan fingerprint density at radius 3 is 2.76 bits per heavy atom. The third-order valence-electron chi connectivity index (χ3n) is 3.13. The molecule has 3 nitrogen and oxygen atoms in total. The van der Waals surface area contributed by atoms with Crippen molar-refractivity contribution < 1.29 is 0 Å². The maximum atomic E-state index is 4.02. The van der Waals surface area contributed by atoms with E-state index in [0.29, 0.717) is 12.0 Å². The molecule has 1 heterocycles. The molecule has 1 atom stereocenters. The third kappa shape index (κ3) is 3.45. The van der Waals surface area contributed by atoms with Crippen LogP contribution >= 0.6 is 12.4 Å². The standard InChI is InChI=1S/C13H19N3.ClH/c1-9(2)10(3)14-7-11-4-5-12-8-15-16-13(12)6-11;/h4-6,8-10,14H,7H2,1-3H3,(H,15,16);1H. The van der Waals surface area contributed by atoms with Gasteiger partial charge in [0.1, 0.15) is 0 Å². The van der Waals surface area contributed by atoms with Crippen LogP contribution in [0.3, 0.4) is 0 Å². The van der Waals surface area contributed by atoms with E-state index < -0.39 is 0 Å². The minimum Gasteiger partial charge on any atom is -0.310 e. The van der Waals surface area contributed by atoms with Crippen LogP contribution in [0.2, 0.25) is 0 Å². The van der Waals surface area contributed by atoms with Crippen LogP contribution in [-0.2, 0) is 6.54 Å². The fourth-order valence-corrected chi connectivity index (χ4v) is 1.61. The second-order valence-corrected chi connectivity index (χ2v) is 4.71. The monoisotopic (exact) mass is 253 g/mol. The van der Waals surface area contributed by atoms with E-state index in [2.05, 4.69) is 54.5 Å². The summed E-state index contributed by atoms with van der Waals surface area (Å²) in [6, 6.07) is 6.95. The molecule has 4 heteroatoms. The van der Waals surface area contributed by atoms with Crippen LogP contribution in [0.5, 0.6) is 0 Å². The molecular weight excluding hydrogens is 234 g/mol. The Kier molecular flexibility index (Phi) is 4.97. The average Bonchev–Trinajstić information content (AvgIpc) is 2.72. The Hall–Kier alpha value is -1.06. The number of nitrogens with one attached hydrogen (secondary N) is 2. The highest BCUT2D eigenvalue weighted by molar-refractivity contribution is 5.85. The van der Waals surface area contributed by atoms with Gasteiger partial charge in [0.15, 0.2) is 0 Å². The summed E-state index contributed by atoms with van der Waals surface area (Å²) in [5.41, 5.74) is 2.40. The molecule has 1 aromatic heterocycles. The van der Waals surface area contributed by atoms with Gasteiger partial charge in [0.05, 0.1) is 11.7 Å². The molecule has 1 unspecified atom stereocenters. The van der Waals surface area contributed by atoms with E-state index >= 15 is 0 Å². The van der Waals surface area contributed by atoms with Crippen molar-refractivity contribution >= 4 is 23.3 Å². The molecule has 0 aliphatic carbocycles. The summed E-state index contributed by atoms with van der Waals surface area (Å²) in [5, 5.41) is 11.7. The minimum atomic E-state index is 0. The molecule has 0 amide bonds. The largest absolute Gasteiger partial charge is 0.310 e. The van der Waals surface area contributed by atoms with Gasteiger partial charge in [0.25, 0.3) is 0 Å². The number of halogens is 1. The first-order valence-corrected chi connectivity index (χ1v) is 5.82. The molecule has 17 heavy (non-hydrogen) atoms. The predicted octanol–water partition coefficient (Wildman–Crippen LogP) is 3.12. The van der Waals surface area contributed by atoms with Crippen molar-refractivity contribution in [1.82, 2.24) is 15.5 Å². The van der Waals surface area contributed by atoms with Crippen molar-refractivity contribution in [3.05, 3.63) is 30.0 Å². The summed E-state index contributed by atoms with van der Waals surface area (Å²) in [5.74, 6) is 0.663. The molecular formula is C13H20ClN3. The lowest BCUT2D eigenvalue weighted by molar-refractivity contribution is 0.426. The van der Waals surface area contributed by atoms with E-state index in [1.54, 1.807) is 0 Å². The Balaban J connectivity index is 0.00000144. The average molecular weight is 254 g/mol. The maximum absolute atomic E-state index is 4.02. The summed E-state index contributed by atoms with van der Waals surface area (Å²) < 4.78 is 0. The molecule has 0 fully saturated rings. The normalized spacial score (nSPS) is 12.7. The molecule has 2 aromatic rings. The van der Waals surface area contributed by atoms with Crippen molar-refractivity contribution in [2.45, 2.75) is 33.4 Å². The smallest absolute Gasteiger partial charge is 0.0653 e. The third-order valence-corrected chi connectivity index (χ3v) is 3.13. The van der Waals surface area contributed by atoms with Gasteiger partial charge < -0.3 is 5.32 Å². The second kappa shape index (κ2) is 6.03. The van der Waals surface area contributed by atoms with Crippen LogP contribution in [0.1, 0.15) is 26.3 Å². The fraction of sp³-hybridized carbons (Fsp3) is 0.462. The summed E-state index contributed by atoms with van der Waals surface area (Å²) in [7, 11) is 0. The number of aromatic nitrogens is 2. The van der Waals surface area contributed by atoms with Gasteiger partial charge in [-0.25, -0.2) is 0 Å². The molecule has 94 valence electrons. The molecule has 2 rings (SSSR count). The van der Waals surface area contributed by atoms with Gasteiger partial charge in [0, 0.05) is 18.0 Å². The van der Waals surface area contributed by atoms with E-state index in [-0.39, 0.29) is 12.4 Å². The Morgan fingerprint density at radius 1 is 1.29 bits per heavy atom. The SMILES string of the molecule is CC(C)C(C)NCc1ccc2cn[nH]c2c1.Cl. The maximum Gasteiger partial charge on any atom is 0.0653 e. The lowest BCUT2D eigenvalue weighted by Crippen LogP contribution is -2.30. The van der Waals surface area contributed by atoms with Gasteiger partial charge in [-0.1, -0.05) is 26.0 Å². The van der Waals surface area contributed by atoms with E-state index in [0.717, 1.165) is 12.1 Å². The van der Waals surface area contributed by atoms with Crippen LogP contribution in [0.4, 0.5) is 0 Å². The number of rotatable bonds is 4. The molecule has 0 saturated heterocycles. The van der Waals surface area contributed by atoms with E-state index in [1.165, 1.54) is 10.9 Å². The highest BCUT2D eigenvalue weighted by Gasteiger charge is 2.06. The topological polar surface area (TPSA) is 40.7 Å². The van der Waals surface area contributed by atoms with Crippen molar-refractivity contribution in [2.24, 2.45) is 5.92 Å². The van der Waals surface area contributed by atoms with Crippen molar-refractivity contribution in [3.63, 3.8) is 0 Å². The van der Waals surface area contributed by atoms with Crippen LogP contribution < -0.4 is 5.32 Å². The molecule has 0 radical (unpaired) electrons. The number of hydrogen-bond donors (Lipinski definition) is 2.